The number of aromatic nitrogens is 1. The predicted molar refractivity (Wildman–Crippen MR) is 78.4 cm³/mol. The molecule has 1 heterocycles. The van der Waals surface area contributed by atoms with Crippen LogP contribution in [0.3, 0.4) is 0 Å². The van der Waals surface area contributed by atoms with Crippen LogP contribution in [0.5, 0.6) is 5.75 Å². The zero-order chi connectivity index (χ0) is 15.6. The monoisotopic (exact) mass is 292 g/mol. The molecule has 0 radical (unpaired) electrons. The molecule has 3 nitrogen and oxygen atoms in total. The first-order valence-corrected chi connectivity index (χ1v) is 6.60. The Hall–Kier alpha value is -2.01. The van der Waals surface area contributed by atoms with Gasteiger partial charge in [-0.2, -0.15) is 0 Å². The maximum Gasteiger partial charge on any atom is 0.162 e. The second kappa shape index (κ2) is 5.77. The van der Waals surface area contributed by atoms with Gasteiger partial charge in [0, 0.05) is 12.1 Å². The summed E-state index contributed by atoms with van der Waals surface area (Å²) in [6.07, 6.45) is 0. The summed E-state index contributed by atoms with van der Waals surface area (Å²) in [4.78, 5) is 4.32. The molecule has 21 heavy (non-hydrogen) atoms. The molecule has 112 valence electrons. The molecule has 0 saturated carbocycles. The van der Waals surface area contributed by atoms with Gasteiger partial charge < -0.3 is 10.5 Å². The van der Waals surface area contributed by atoms with Crippen molar-refractivity contribution in [2.75, 3.05) is 13.7 Å². The van der Waals surface area contributed by atoms with Crippen molar-refractivity contribution in [2.45, 2.75) is 19.5 Å². The van der Waals surface area contributed by atoms with E-state index in [4.69, 9.17) is 10.5 Å². The minimum atomic E-state index is -1.73. The van der Waals surface area contributed by atoms with Crippen molar-refractivity contribution < 1.29 is 13.5 Å². The molecule has 0 amide bonds. The summed E-state index contributed by atoms with van der Waals surface area (Å²) in [6, 6.07) is 7.79. The smallest absolute Gasteiger partial charge is 0.162 e. The zero-order valence-electron chi connectivity index (χ0n) is 12.3. The third kappa shape index (κ3) is 3.03. The summed E-state index contributed by atoms with van der Waals surface area (Å²) < 4.78 is 33.0. The van der Waals surface area contributed by atoms with E-state index < -0.39 is 5.67 Å². The second-order valence-electron chi connectivity index (χ2n) is 5.11. The fourth-order valence-electron chi connectivity index (χ4n) is 2.00. The van der Waals surface area contributed by atoms with Crippen molar-refractivity contribution in [1.82, 2.24) is 4.98 Å². The Morgan fingerprint density at radius 3 is 2.57 bits per heavy atom. The normalized spacial score (nSPS) is 13.8. The maximum atomic E-state index is 14.3. The average Bonchev–Trinajstić information content (AvgIpc) is 2.49. The number of nitrogens with two attached hydrogens (primary N) is 1. The number of benzene rings is 1. The van der Waals surface area contributed by atoms with Crippen LogP contribution >= 0.6 is 0 Å². The molecule has 1 aromatic heterocycles. The first-order valence-electron chi connectivity index (χ1n) is 6.60. The van der Waals surface area contributed by atoms with Gasteiger partial charge in [-0.3, -0.25) is 0 Å². The summed E-state index contributed by atoms with van der Waals surface area (Å²) in [6.45, 7) is 2.87. The van der Waals surface area contributed by atoms with Crippen molar-refractivity contribution in [3.05, 3.63) is 47.4 Å². The van der Waals surface area contributed by atoms with E-state index in [1.54, 1.807) is 31.2 Å². The van der Waals surface area contributed by atoms with Gasteiger partial charge in [-0.15, -0.1) is 0 Å². The molecule has 0 fully saturated rings. The van der Waals surface area contributed by atoms with Crippen LogP contribution in [-0.4, -0.2) is 18.6 Å². The topological polar surface area (TPSA) is 48.1 Å². The fourth-order valence-corrected chi connectivity index (χ4v) is 2.00. The number of halogens is 2. The number of methoxy groups -OCH3 is 1. The lowest BCUT2D eigenvalue weighted by molar-refractivity contribution is 0.196. The lowest BCUT2D eigenvalue weighted by Gasteiger charge is -2.19. The Morgan fingerprint density at radius 2 is 2.00 bits per heavy atom. The van der Waals surface area contributed by atoms with Gasteiger partial charge in [-0.05, 0) is 49.7 Å². The van der Waals surface area contributed by atoms with Crippen molar-refractivity contribution in [1.29, 1.82) is 0 Å². The van der Waals surface area contributed by atoms with Crippen LogP contribution in [0.1, 0.15) is 18.2 Å². The maximum absolute atomic E-state index is 14.3. The highest BCUT2D eigenvalue weighted by molar-refractivity contribution is 5.67. The van der Waals surface area contributed by atoms with Crippen LogP contribution in [-0.2, 0) is 5.67 Å². The molecule has 0 saturated heterocycles. The van der Waals surface area contributed by atoms with Crippen LogP contribution < -0.4 is 10.5 Å². The minimum Gasteiger partial charge on any atom is -0.494 e. The largest absolute Gasteiger partial charge is 0.494 e. The predicted octanol–water partition coefficient (Wildman–Crippen LogP) is 3.35. The van der Waals surface area contributed by atoms with Gasteiger partial charge >= 0.3 is 0 Å². The molecule has 1 atom stereocenters. The Labute approximate surface area is 122 Å². The minimum absolute atomic E-state index is 0.172. The van der Waals surface area contributed by atoms with Gasteiger partial charge in [0.15, 0.2) is 5.67 Å². The highest BCUT2D eigenvalue weighted by Crippen LogP contribution is 2.32. The van der Waals surface area contributed by atoms with Crippen LogP contribution in [0, 0.1) is 12.7 Å². The molecular formula is C16H18F2N2O. The molecule has 0 aliphatic heterocycles. The van der Waals surface area contributed by atoms with Crippen LogP contribution in [0.15, 0.2) is 30.3 Å². The fraction of sp³-hybridized carbons (Fsp3) is 0.312. The lowest BCUT2D eigenvalue weighted by atomic mass is 10.0. The third-order valence-electron chi connectivity index (χ3n) is 3.43. The molecule has 5 heteroatoms. The molecule has 0 bridgehead atoms. The number of rotatable bonds is 4. The summed E-state index contributed by atoms with van der Waals surface area (Å²) in [7, 11) is 1.51. The summed E-state index contributed by atoms with van der Waals surface area (Å²) in [5, 5.41) is 0. The van der Waals surface area contributed by atoms with Gasteiger partial charge in [-0.1, -0.05) is 0 Å². The number of ether oxygens (including phenoxy) is 1. The standard InChI is InChI=1S/C16H18F2N2O/c1-10-8-11(4-5-12(10)17)15-13(21-3)6-7-14(20-15)16(2,18)9-19/h4-8H,9,19H2,1-3H3. The molecule has 0 spiro atoms. The van der Waals surface area contributed by atoms with E-state index in [0.717, 1.165) is 0 Å². The number of hydrogen-bond donors (Lipinski definition) is 1. The van der Waals surface area contributed by atoms with E-state index in [2.05, 4.69) is 4.98 Å². The molecule has 1 unspecified atom stereocenters. The SMILES string of the molecule is COc1ccc(C(C)(F)CN)nc1-c1ccc(F)c(C)c1. The highest BCUT2D eigenvalue weighted by atomic mass is 19.1. The van der Waals surface area contributed by atoms with Crippen molar-refractivity contribution in [3.63, 3.8) is 0 Å². The van der Waals surface area contributed by atoms with Gasteiger partial charge in [0.25, 0.3) is 0 Å². The van der Waals surface area contributed by atoms with Crippen LogP contribution in [0.25, 0.3) is 11.3 Å². The van der Waals surface area contributed by atoms with E-state index in [0.29, 0.717) is 22.6 Å². The van der Waals surface area contributed by atoms with E-state index in [-0.39, 0.29) is 18.1 Å². The lowest BCUT2D eigenvalue weighted by Crippen LogP contribution is -2.27. The van der Waals surface area contributed by atoms with Gasteiger partial charge in [0.1, 0.15) is 17.3 Å². The third-order valence-corrected chi connectivity index (χ3v) is 3.43. The molecule has 0 aliphatic rings. The van der Waals surface area contributed by atoms with Gasteiger partial charge in [0.2, 0.25) is 0 Å². The van der Waals surface area contributed by atoms with Gasteiger partial charge in [-0.25, -0.2) is 13.8 Å². The van der Waals surface area contributed by atoms with Crippen LogP contribution in [0.2, 0.25) is 0 Å². The Balaban J connectivity index is 2.59. The van der Waals surface area contributed by atoms with E-state index in [9.17, 15) is 8.78 Å². The molecular weight excluding hydrogens is 274 g/mol. The number of alkyl halides is 1. The van der Waals surface area contributed by atoms with E-state index in [1.807, 2.05) is 0 Å². The second-order valence-corrected chi connectivity index (χ2v) is 5.11. The number of aryl methyl sites for hydroxylation is 1. The molecule has 2 aromatic rings. The first kappa shape index (κ1) is 15.4. The van der Waals surface area contributed by atoms with Crippen LogP contribution in [0.4, 0.5) is 8.78 Å². The summed E-state index contributed by atoms with van der Waals surface area (Å²) >= 11 is 0. The van der Waals surface area contributed by atoms with Crippen molar-refractivity contribution in [3.8, 4) is 17.0 Å². The number of nitrogens with zero attached hydrogens (tertiary/aromatic N) is 1. The average molecular weight is 292 g/mol. The zero-order valence-corrected chi connectivity index (χ0v) is 12.3. The van der Waals surface area contributed by atoms with Crippen molar-refractivity contribution >= 4 is 0 Å². The first-order chi connectivity index (χ1) is 9.89. The highest BCUT2D eigenvalue weighted by Gasteiger charge is 2.27. The number of pyridine rings is 1. The summed E-state index contributed by atoms with van der Waals surface area (Å²) in [5.41, 5.74) is 5.57. The molecule has 2 N–H and O–H groups in total. The summed E-state index contributed by atoms with van der Waals surface area (Å²) in [5.74, 6) is 0.198. The van der Waals surface area contributed by atoms with Gasteiger partial charge in [0.05, 0.1) is 12.8 Å². The van der Waals surface area contributed by atoms with Crippen molar-refractivity contribution in [2.24, 2.45) is 5.73 Å². The van der Waals surface area contributed by atoms with E-state index in [1.165, 1.54) is 20.1 Å². The molecule has 2 rings (SSSR count). The number of hydrogen-bond acceptors (Lipinski definition) is 3. The molecule has 0 aliphatic carbocycles. The Bertz CT molecular complexity index is 657. The Morgan fingerprint density at radius 1 is 1.29 bits per heavy atom. The molecule has 1 aromatic carbocycles. The quantitative estimate of drug-likeness (QED) is 0.940. The Kier molecular flexibility index (Phi) is 4.23. The van der Waals surface area contributed by atoms with E-state index >= 15 is 0 Å².